The van der Waals surface area contributed by atoms with Crippen molar-refractivity contribution in [3.63, 3.8) is 0 Å². The van der Waals surface area contributed by atoms with Crippen LogP contribution in [0.3, 0.4) is 0 Å². The zero-order valence-corrected chi connectivity index (χ0v) is 16.8. The number of nitrogens with one attached hydrogen (secondary N) is 1. The average Bonchev–Trinajstić information content (AvgIpc) is 2.74. The molecule has 3 rings (SSSR count). The monoisotopic (exact) mass is 397 g/mol. The lowest BCUT2D eigenvalue weighted by Gasteiger charge is -2.28. The molecule has 0 saturated carbocycles. The highest BCUT2D eigenvalue weighted by molar-refractivity contribution is 7.99. The van der Waals surface area contributed by atoms with Crippen LogP contribution in [-0.4, -0.2) is 36.3 Å². The normalized spacial score (nSPS) is 13.8. The molecule has 140 valence electrons. The van der Waals surface area contributed by atoms with Gasteiger partial charge < -0.3 is 10.2 Å². The maximum atomic E-state index is 12.0. The van der Waals surface area contributed by atoms with Crippen LogP contribution in [0, 0.1) is 11.3 Å². The predicted octanol–water partition coefficient (Wildman–Crippen LogP) is 3.66. The maximum Gasteiger partial charge on any atom is 0.230 e. The minimum Gasteiger partial charge on any atom is -0.370 e. The van der Waals surface area contributed by atoms with Crippen molar-refractivity contribution >= 4 is 35.1 Å². The molecule has 2 aromatic carbocycles. The van der Waals surface area contributed by atoms with Crippen LogP contribution in [0.2, 0.25) is 0 Å². The van der Waals surface area contributed by atoms with E-state index in [1.165, 1.54) is 17.2 Å². The van der Waals surface area contributed by atoms with Gasteiger partial charge in [-0.1, -0.05) is 24.3 Å². The van der Waals surface area contributed by atoms with Crippen LogP contribution in [0.4, 0.5) is 5.69 Å². The smallest absolute Gasteiger partial charge is 0.230 e. The molecule has 0 spiro atoms. The molecule has 6 heteroatoms. The molecule has 1 aliphatic heterocycles. The Bertz CT molecular complexity index is 779. The number of carbonyl (C=O) groups is 1. The summed E-state index contributed by atoms with van der Waals surface area (Å²) < 4.78 is 0. The van der Waals surface area contributed by atoms with E-state index in [1.807, 2.05) is 36.0 Å². The van der Waals surface area contributed by atoms with Crippen LogP contribution in [0.1, 0.15) is 16.7 Å². The fourth-order valence-corrected chi connectivity index (χ4v) is 4.56. The van der Waals surface area contributed by atoms with Crippen LogP contribution in [0.5, 0.6) is 0 Å². The third-order valence-electron chi connectivity index (χ3n) is 4.39. The number of hydrogen-bond donors (Lipinski definition) is 1. The largest absolute Gasteiger partial charge is 0.370 e. The van der Waals surface area contributed by atoms with Gasteiger partial charge in [-0.05, 0) is 35.4 Å². The van der Waals surface area contributed by atoms with Crippen LogP contribution >= 0.6 is 23.5 Å². The quantitative estimate of drug-likeness (QED) is 0.773. The van der Waals surface area contributed by atoms with Gasteiger partial charge in [0.05, 0.1) is 17.4 Å². The summed E-state index contributed by atoms with van der Waals surface area (Å²) in [5.41, 5.74) is 4.17. The van der Waals surface area contributed by atoms with Crippen LogP contribution < -0.4 is 10.2 Å². The second-order valence-corrected chi connectivity index (χ2v) is 8.55. The third kappa shape index (κ3) is 6.23. The Balaban J connectivity index is 1.37. The van der Waals surface area contributed by atoms with Gasteiger partial charge in [-0.15, -0.1) is 11.8 Å². The molecule has 1 N–H and O–H groups in total. The standard InChI is InChI=1S/C21H23N3OS2/c22-13-17-1-3-19(4-2-17)15-27-16-21(25)23-14-18-5-7-20(8-6-18)24-9-11-26-12-10-24/h1-8H,9-12,14-16H2,(H,23,25). The number of nitriles is 1. The van der Waals surface area contributed by atoms with Crippen molar-refractivity contribution in [2.45, 2.75) is 12.3 Å². The van der Waals surface area contributed by atoms with E-state index >= 15 is 0 Å². The van der Waals surface area contributed by atoms with Gasteiger partial charge in [-0.2, -0.15) is 17.0 Å². The van der Waals surface area contributed by atoms with Crippen LogP contribution in [-0.2, 0) is 17.1 Å². The molecule has 1 saturated heterocycles. The highest BCUT2D eigenvalue weighted by atomic mass is 32.2. The Morgan fingerprint density at radius 3 is 2.41 bits per heavy atom. The Morgan fingerprint density at radius 2 is 1.74 bits per heavy atom. The van der Waals surface area contributed by atoms with E-state index in [0.717, 1.165) is 30.0 Å². The first-order chi connectivity index (χ1) is 13.2. The molecule has 0 aliphatic carbocycles. The summed E-state index contributed by atoms with van der Waals surface area (Å²) in [7, 11) is 0. The van der Waals surface area contributed by atoms with Crippen molar-refractivity contribution < 1.29 is 4.79 Å². The molecule has 1 aliphatic rings. The zero-order valence-electron chi connectivity index (χ0n) is 15.2. The summed E-state index contributed by atoms with van der Waals surface area (Å²) in [5.74, 6) is 3.63. The van der Waals surface area contributed by atoms with E-state index < -0.39 is 0 Å². The zero-order chi connectivity index (χ0) is 18.9. The molecule has 27 heavy (non-hydrogen) atoms. The van der Waals surface area contributed by atoms with Gasteiger partial charge in [0, 0.05) is 42.6 Å². The van der Waals surface area contributed by atoms with E-state index in [0.29, 0.717) is 17.9 Å². The molecule has 0 radical (unpaired) electrons. The Morgan fingerprint density at radius 1 is 1.07 bits per heavy atom. The number of rotatable bonds is 7. The summed E-state index contributed by atoms with van der Waals surface area (Å²) >= 11 is 3.59. The Kier molecular flexibility index (Phi) is 7.49. The second-order valence-electron chi connectivity index (χ2n) is 6.34. The average molecular weight is 398 g/mol. The fourth-order valence-electron chi connectivity index (χ4n) is 2.83. The summed E-state index contributed by atoms with van der Waals surface area (Å²) in [4.78, 5) is 14.5. The summed E-state index contributed by atoms with van der Waals surface area (Å²) in [6.45, 7) is 2.78. The van der Waals surface area contributed by atoms with Crippen molar-refractivity contribution in [1.29, 1.82) is 5.26 Å². The summed E-state index contributed by atoms with van der Waals surface area (Å²) in [6, 6.07) is 18.1. The molecule has 2 aromatic rings. The molecule has 0 unspecified atom stereocenters. The van der Waals surface area contributed by atoms with Crippen molar-refractivity contribution in [1.82, 2.24) is 5.32 Å². The highest BCUT2D eigenvalue weighted by Gasteiger charge is 2.11. The maximum absolute atomic E-state index is 12.0. The lowest BCUT2D eigenvalue weighted by Crippen LogP contribution is -2.32. The lowest BCUT2D eigenvalue weighted by atomic mass is 10.2. The first-order valence-electron chi connectivity index (χ1n) is 9.00. The van der Waals surface area contributed by atoms with Crippen LogP contribution in [0.15, 0.2) is 48.5 Å². The van der Waals surface area contributed by atoms with Gasteiger partial charge in [-0.25, -0.2) is 0 Å². The van der Waals surface area contributed by atoms with E-state index in [-0.39, 0.29) is 5.91 Å². The Labute approximate surface area is 169 Å². The molecular formula is C21H23N3OS2. The van der Waals surface area contributed by atoms with Gasteiger partial charge in [-0.3, -0.25) is 4.79 Å². The number of benzene rings is 2. The molecule has 0 bridgehead atoms. The minimum atomic E-state index is 0.0470. The third-order valence-corrected chi connectivity index (χ3v) is 6.33. The van der Waals surface area contributed by atoms with Gasteiger partial charge in [0.2, 0.25) is 5.91 Å². The topological polar surface area (TPSA) is 56.1 Å². The van der Waals surface area contributed by atoms with Gasteiger partial charge >= 0.3 is 0 Å². The lowest BCUT2D eigenvalue weighted by molar-refractivity contribution is -0.118. The molecule has 1 fully saturated rings. The number of carbonyl (C=O) groups excluding carboxylic acids is 1. The fraction of sp³-hybridized carbons (Fsp3) is 0.333. The first kappa shape index (κ1) is 19.7. The van der Waals surface area contributed by atoms with Crippen molar-refractivity contribution in [3.8, 4) is 6.07 Å². The number of amides is 1. The van der Waals surface area contributed by atoms with Gasteiger partial charge in [0.25, 0.3) is 0 Å². The highest BCUT2D eigenvalue weighted by Crippen LogP contribution is 2.20. The van der Waals surface area contributed by atoms with Crippen LogP contribution in [0.25, 0.3) is 0 Å². The van der Waals surface area contributed by atoms with E-state index in [2.05, 4.69) is 40.6 Å². The molecular weight excluding hydrogens is 374 g/mol. The molecule has 0 atom stereocenters. The van der Waals surface area contributed by atoms with Crippen molar-refractivity contribution in [3.05, 3.63) is 65.2 Å². The number of hydrogen-bond acceptors (Lipinski definition) is 5. The van der Waals surface area contributed by atoms with Gasteiger partial charge in [0.1, 0.15) is 0 Å². The Hall–Kier alpha value is -2.10. The number of thioether (sulfide) groups is 2. The summed E-state index contributed by atoms with van der Waals surface area (Å²) in [5, 5.41) is 11.8. The number of anilines is 1. The van der Waals surface area contributed by atoms with E-state index in [4.69, 9.17) is 5.26 Å². The minimum absolute atomic E-state index is 0.0470. The van der Waals surface area contributed by atoms with Crippen molar-refractivity contribution in [2.24, 2.45) is 0 Å². The molecule has 1 heterocycles. The predicted molar refractivity (Wildman–Crippen MR) is 115 cm³/mol. The SMILES string of the molecule is N#Cc1ccc(CSCC(=O)NCc2ccc(N3CCSCC3)cc2)cc1. The molecule has 1 amide bonds. The van der Waals surface area contributed by atoms with Crippen molar-refractivity contribution in [2.75, 3.05) is 35.2 Å². The number of nitrogens with zero attached hydrogens (tertiary/aromatic N) is 2. The van der Waals surface area contributed by atoms with E-state index in [1.54, 1.807) is 11.8 Å². The molecule has 0 aromatic heterocycles. The molecule has 4 nitrogen and oxygen atoms in total. The second kappa shape index (κ2) is 10.3. The summed E-state index contributed by atoms with van der Waals surface area (Å²) in [6.07, 6.45) is 0. The first-order valence-corrected chi connectivity index (χ1v) is 11.3. The van der Waals surface area contributed by atoms with Gasteiger partial charge in [0.15, 0.2) is 0 Å². The van der Waals surface area contributed by atoms with E-state index in [9.17, 15) is 4.79 Å².